The van der Waals surface area contributed by atoms with E-state index in [0.717, 1.165) is 6.07 Å². The second-order valence-corrected chi connectivity index (χ2v) is 7.86. The van der Waals surface area contributed by atoms with Gasteiger partial charge in [-0.3, -0.25) is 14.3 Å². The zero-order chi connectivity index (χ0) is 20.6. The van der Waals surface area contributed by atoms with E-state index < -0.39 is 17.0 Å². The van der Waals surface area contributed by atoms with Crippen molar-refractivity contribution in [1.29, 1.82) is 0 Å². The highest BCUT2D eigenvalue weighted by Crippen LogP contribution is 2.42. The summed E-state index contributed by atoms with van der Waals surface area (Å²) in [5.41, 5.74) is -0.572. The topological polar surface area (TPSA) is 78.7 Å². The van der Waals surface area contributed by atoms with E-state index in [1.807, 2.05) is 0 Å². The molecule has 1 N–H and O–H groups in total. The Balaban J connectivity index is 1.41. The van der Waals surface area contributed by atoms with Crippen LogP contribution in [-0.4, -0.2) is 69.3 Å². The van der Waals surface area contributed by atoms with Gasteiger partial charge in [-0.25, -0.2) is 8.78 Å². The van der Waals surface area contributed by atoms with E-state index in [-0.39, 0.29) is 49.4 Å². The van der Waals surface area contributed by atoms with Crippen LogP contribution in [0.25, 0.3) is 0 Å². The van der Waals surface area contributed by atoms with Crippen LogP contribution in [0.3, 0.4) is 0 Å². The maximum absolute atomic E-state index is 13.9. The van der Waals surface area contributed by atoms with Gasteiger partial charge in [-0.05, 0) is 12.1 Å². The van der Waals surface area contributed by atoms with Gasteiger partial charge in [-0.15, -0.1) is 0 Å². The van der Waals surface area contributed by atoms with Gasteiger partial charge in [0.05, 0.1) is 13.0 Å². The highest BCUT2D eigenvalue weighted by Gasteiger charge is 2.54. The zero-order valence-electron chi connectivity index (χ0n) is 15.8. The number of aliphatic hydroxyl groups excluding tert-OH is 1. The van der Waals surface area contributed by atoms with E-state index in [0.29, 0.717) is 19.6 Å². The molecule has 2 saturated heterocycles. The summed E-state index contributed by atoms with van der Waals surface area (Å²) < 4.78 is 28.8. The summed E-state index contributed by atoms with van der Waals surface area (Å²) in [6.45, 7) is 1.44. The number of halogens is 2. The first-order valence-electron chi connectivity index (χ1n) is 9.48. The maximum Gasteiger partial charge on any atom is 0.244 e. The van der Waals surface area contributed by atoms with Crippen molar-refractivity contribution in [3.05, 3.63) is 53.9 Å². The Morgan fingerprint density at radius 3 is 2.48 bits per heavy atom. The molecular formula is C20H22F2N4O3. The number of hydrogen-bond acceptors (Lipinski definition) is 4. The van der Waals surface area contributed by atoms with Crippen LogP contribution in [0.15, 0.2) is 36.7 Å². The Bertz CT molecular complexity index is 920. The highest BCUT2D eigenvalue weighted by atomic mass is 19.2. The third-order valence-corrected chi connectivity index (χ3v) is 6.01. The third-order valence-electron chi connectivity index (χ3n) is 6.01. The van der Waals surface area contributed by atoms with Crippen molar-refractivity contribution in [2.75, 3.05) is 32.8 Å². The fourth-order valence-corrected chi connectivity index (χ4v) is 4.38. The number of carbonyl (C=O) groups excluding carboxylic acids is 2. The molecule has 0 bridgehead atoms. The Labute approximate surface area is 166 Å². The number of aromatic nitrogens is 2. The van der Waals surface area contributed by atoms with Crippen LogP contribution in [0, 0.1) is 23.0 Å². The lowest BCUT2D eigenvalue weighted by molar-refractivity contribution is -0.132. The number of aliphatic hydroxyl groups is 1. The van der Waals surface area contributed by atoms with Gasteiger partial charge < -0.3 is 14.9 Å². The summed E-state index contributed by atoms with van der Waals surface area (Å²) in [6.07, 6.45) is 3.08. The molecule has 0 aliphatic carbocycles. The Hall–Kier alpha value is -2.81. The van der Waals surface area contributed by atoms with Crippen molar-refractivity contribution < 1.29 is 23.5 Å². The molecule has 2 atom stereocenters. The van der Waals surface area contributed by atoms with Crippen molar-refractivity contribution in [2.24, 2.45) is 11.3 Å². The second kappa shape index (κ2) is 7.55. The number of amides is 2. The predicted octanol–water partition coefficient (Wildman–Crippen LogP) is 0.683. The van der Waals surface area contributed by atoms with Crippen LogP contribution in [0.2, 0.25) is 0 Å². The second-order valence-electron chi connectivity index (χ2n) is 7.86. The molecule has 7 nitrogen and oxygen atoms in total. The number of likely N-dealkylation sites (tertiary alicyclic amines) is 2. The molecule has 2 unspecified atom stereocenters. The largest absolute Gasteiger partial charge is 0.396 e. The van der Waals surface area contributed by atoms with Crippen molar-refractivity contribution in [2.45, 2.75) is 13.0 Å². The van der Waals surface area contributed by atoms with Crippen molar-refractivity contribution in [1.82, 2.24) is 19.6 Å². The van der Waals surface area contributed by atoms with Crippen molar-refractivity contribution in [3.8, 4) is 0 Å². The first kappa shape index (κ1) is 19.5. The predicted molar refractivity (Wildman–Crippen MR) is 98.5 cm³/mol. The van der Waals surface area contributed by atoms with Gasteiger partial charge in [0.15, 0.2) is 11.6 Å². The fraction of sp³-hybridized carbons (Fsp3) is 0.450. The molecule has 2 amide bonds. The van der Waals surface area contributed by atoms with E-state index in [4.69, 9.17) is 0 Å². The lowest BCUT2D eigenvalue weighted by Crippen LogP contribution is -2.41. The van der Waals surface area contributed by atoms with Gasteiger partial charge in [0.25, 0.3) is 0 Å². The average molecular weight is 404 g/mol. The van der Waals surface area contributed by atoms with Gasteiger partial charge in [0, 0.05) is 55.5 Å². The summed E-state index contributed by atoms with van der Waals surface area (Å²) in [4.78, 5) is 28.5. The van der Waals surface area contributed by atoms with E-state index in [1.54, 1.807) is 32.9 Å². The van der Waals surface area contributed by atoms with Crippen LogP contribution < -0.4 is 0 Å². The molecule has 0 saturated carbocycles. The first-order valence-corrected chi connectivity index (χ1v) is 9.48. The first-order chi connectivity index (χ1) is 13.9. The van der Waals surface area contributed by atoms with E-state index >= 15 is 0 Å². The molecule has 2 aromatic rings. The fourth-order valence-electron chi connectivity index (χ4n) is 4.38. The number of fused-ring (bicyclic) bond motifs is 1. The minimum absolute atomic E-state index is 0.0149. The molecule has 1 aromatic heterocycles. The van der Waals surface area contributed by atoms with Gasteiger partial charge in [-0.2, -0.15) is 5.10 Å². The third kappa shape index (κ3) is 3.62. The number of rotatable bonds is 5. The monoisotopic (exact) mass is 404 g/mol. The van der Waals surface area contributed by atoms with Crippen molar-refractivity contribution >= 4 is 11.8 Å². The summed E-state index contributed by atoms with van der Waals surface area (Å²) in [6, 6.07) is 5.52. The standard InChI is InChI=1S/C20H22F2N4O3/c21-16-4-1-3-14(19(16)22)7-17(28)24-8-15-9-25(12-20(15,11-24)13-27)18(29)10-26-6-2-5-23-26/h1-6,15,27H,7-13H2. The summed E-state index contributed by atoms with van der Waals surface area (Å²) in [5.74, 6) is -2.45. The maximum atomic E-state index is 13.9. The van der Waals surface area contributed by atoms with Crippen LogP contribution in [-0.2, 0) is 22.6 Å². The number of nitrogens with zero attached hydrogens (tertiary/aromatic N) is 4. The molecule has 2 fully saturated rings. The smallest absolute Gasteiger partial charge is 0.244 e. The van der Waals surface area contributed by atoms with Crippen LogP contribution in [0.1, 0.15) is 5.56 Å². The van der Waals surface area contributed by atoms with E-state index in [9.17, 15) is 23.5 Å². The Morgan fingerprint density at radius 2 is 1.86 bits per heavy atom. The number of hydrogen-bond donors (Lipinski definition) is 1. The molecule has 4 rings (SSSR count). The van der Waals surface area contributed by atoms with Crippen LogP contribution in [0.5, 0.6) is 0 Å². The zero-order valence-corrected chi connectivity index (χ0v) is 15.8. The minimum Gasteiger partial charge on any atom is -0.396 e. The van der Waals surface area contributed by atoms with E-state index in [2.05, 4.69) is 5.10 Å². The minimum atomic E-state index is -1.01. The van der Waals surface area contributed by atoms with Gasteiger partial charge in [0.1, 0.15) is 6.54 Å². The summed E-state index contributed by atoms with van der Waals surface area (Å²) in [5, 5.41) is 14.1. The molecule has 29 heavy (non-hydrogen) atoms. The molecule has 9 heteroatoms. The highest BCUT2D eigenvalue weighted by molar-refractivity contribution is 5.80. The Kier molecular flexibility index (Phi) is 5.08. The van der Waals surface area contributed by atoms with Crippen LogP contribution >= 0.6 is 0 Å². The van der Waals surface area contributed by atoms with Gasteiger partial charge >= 0.3 is 0 Å². The van der Waals surface area contributed by atoms with Crippen LogP contribution in [0.4, 0.5) is 8.78 Å². The lowest BCUT2D eigenvalue weighted by atomic mass is 9.82. The molecule has 3 heterocycles. The average Bonchev–Trinajstić information content (AvgIpc) is 3.39. The molecule has 2 aliphatic heterocycles. The van der Waals surface area contributed by atoms with Gasteiger partial charge in [-0.1, -0.05) is 12.1 Å². The molecule has 1 aromatic carbocycles. The number of carbonyl (C=O) groups is 2. The van der Waals surface area contributed by atoms with Crippen molar-refractivity contribution in [3.63, 3.8) is 0 Å². The summed E-state index contributed by atoms with van der Waals surface area (Å²) in [7, 11) is 0. The molecule has 0 radical (unpaired) electrons. The molecule has 0 spiro atoms. The SMILES string of the molecule is O=C(Cc1cccc(F)c1F)N1CC2CN(C(=O)Cn3cccn3)CC2(CO)C1. The summed E-state index contributed by atoms with van der Waals surface area (Å²) >= 11 is 0. The molecular weight excluding hydrogens is 382 g/mol. The van der Waals surface area contributed by atoms with E-state index in [1.165, 1.54) is 12.1 Å². The number of benzene rings is 1. The molecule has 2 aliphatic rings. The Morgan fingerprint density at radius 1 is 1.14 bits per heavy atom. The van der Waals surface area contributed by atoms with Gasteiger partial charge in [0.2, 0.25) is 11.8 Å². The quantitative estimate of drug-likeness (QED) is 0.795. The lowest BCUT2D eigenvalue weighted by Gasteiger charge is -2.27. The normalized spacial score (nSPS) is 23.5. The molecule has 154 valence electrons.